The van der Waals surface area contributed by atoms with Crippen molar-refractivity contribution in [1.29, 1.82) is 0 Å². The third-order valence-corrected chi connectivity index (χ3v) is 3.56. The van der Waals surface area contributed by atoms with Crippen LogP contribution in [0, 0.1) is 0 Å². The zero-order valence-corrected chi connectivity index (χ0v) is 9.43. The fourth-order valence-electron chi connectivity index (χ4n) is 2.25. The normalized spacial score (nSPS) is 20.1. The molecule has 4 heteroatoms. The molecular weight excluding hydrogens is 210 g/mol. The minimum absolute atomic E-state index is 0.688. The number of likely N-dealkylation sites (tertiary alicyclic amines) is 1. The van der Waals surface area contributed by atoms with Crippen molar-refractivity contribution in [2.45, 2.75) is 32.2 Å². The number of rotatable bonds is 2. The largest absolute Gasteiger partial charge is 0.296 e. The number of fused-ring (bicyclic) bond motifs is 1. The molecule has 2 aliphatic rings. The van der Waals surface area contributed by atoms with Crippen LogP contribution in [-0.4, -0.2) is 28.0 Å². The minimum Gasteiger partial charge on any atom is -0.296 e. The number of aryl methyl sites for hydroxylation is 1. The van der Waals surface area contributed by atoms with Gasteiger partial charge in [0, 0.05) is 11.3 Å². The minimum atomic E-state index is 0.688. The molecule has 1 aliphatic heterocycles. The number of nitrogens with zero attached hydrogens (tertiary/aromatic N) is 3. The number of aromatic nitrogens is 2. The molecule has 0 N–H and O–H groups in total. The highest BCUT2D eigenvalue weighted by molar-refractivity contribution is 6.30. The molecule has 80 valence electrons. The second-order valence-electron chi connectivity index (χ2n) is 4.34. The van der Waals surface area contributed by atoms with E-state index in [1.807, 2.05) is 0 Å². The van der Waals surface area contributed by atoms with Gasteiger partial charge in [-0.25, -0.2) is 9.97 Å². The van der Waals surface area contributed by atoms with Crippen LogP contribution < -0.4 is 0 Å². The van der Waals surface area contributed by atoms with Crippen LogP contribution in [-0.2, 0) is 19.4 Å². The van der Waals surface area contributed by atoms with Crippen LogP contribution in [0.1, 0.15) is 29.9 Å². The molecule has 1 aliphatic carbocycles. The summed E-state index contributed by atoms with van der Waals surface area (Å²) in [4.78, 5) is 11.3. The maximum atomic E-state index is 6.15. The third-order valence-electron chi connectivity index (χ3n) is 3.24. The molecule has 1 aromatic heterocycles. The molecule has 2 heterocycles. The fraction of sp³-hybridized carbons (Fsp3) is 0.636. The van der Waals surface area contributed by atoms with Gasteiger partial charge in [-0.2, -0.15) is 0 Å². The van der Waals surface area contributed by atoms with Crippen molar-refractivity contribution in [3.05, 3.63) is 22.2 Å². The van der Waals surface area contributed by atoms with E-state index >= 15 is 0 Å². The van der Waals surface area contributed by atoms with Gasteiger partial charge >= 0.3 is 0 Å². The van der Waals surface area contributed by atoms with E-state index in [0.717, 1.165) is 25.2 Å². The van der Waals surface area contributed by atoms with Gasteiger partial charge in [0.2, 0.25) is 0 Å². The number of hydrogen-bond acceptors (Lipinski definition) is 3. The predicted molar refractivity (Wildman–Crippen MR) is 59.0 cm³/mol. The van der Waals surface area contributed by atoms with Gasteiger partial charge in [-0.05, 0) is 38.8 Å². The van der Waals surface area contributed by atoms with E-state index in [2.05, 4.69) is 14.9 Å². The quantitative estimate of drug-likeness (QED) is 0.717. The van der Waals surface area contributed by atoms with E-state index in [-0.39, 0.29) is 0 Å². The Morgan fingerprint density at radius 3 is 2.73 bits per heavy atom. The summed E-state index contributed by atoms with van der Waals surface area (Å²) in [5.74, 6) is 0.903. The van der Waals surface area contributed by atoms with E-state index < -0.39 is 0 Å². The summed E-state index contributed by atoms with van der Waals surface area (Å²) in [6.45, 7) is 3.23. The topological polar surface area (TPSA) is 29.0 Å². The van der Waals surface area contributed by atoms with Crippen molar-refractivity contribution in [3.8, 4) is 0 Å². The highest BCUT2D eigenvalue weighted by Crippen LogP contribution is 2.26. The Bertz CT molecular complexity index is 388. The smallest absolute Gasteiger partial charge is 0.144 e. The maximum absolute atomic E-state index is 6.15. The summed E-state index contributed by atoms with van der Waals surface area (Å²) in [6.07, 6.45) is 4.61. The molecule has 15 heavy (non-hydrogen) atoms. The Morgan fingerprint density at radius 1 is 1.13 bits per heavy atom. The van der Waals surface area contributed by atoms with Gasteiger partial charge in [0.25, 0.3) is 0 Å². The maximum Gasteiger partial charge on any atom is 0.144 e. The highest BCUT2D eigenvalue weighted by Gasteiger charge is 2.20. The average Bonchev–Trinajstić information content (AvgIpc) is 2.59. The van der Waals surface area contributed by atoms with Crippen molar-refractivity contribution in [2.24, 2.45) is 0 Å². The molecular formula is C11H14ClN3. The van der Waals surface area contributed by atoms with Crippen LogP contribution in [0.5, 0.6) is 0 Å². The van der Waals surface area contributed by atoms with Crippen molar-refractivity contribution >= 4 is 11.6 Å². The lowest BCUT2D eigenvalue weighted by atomic mass is 10.2. The first-order valence-corrected chi connectivity index (χ1v) is 5.97. The summed E-state index contributed by atoms with van der Waals surface area (Å²) in [5, 5.41) is 0.688. The lowest BCUT2D eigenvalue weighted by Gasteiger charge is -2.29. The summed E-state index contributed by atoms with van der Waals surface area (Å²) in [7, 11) is 0. The second-order valence-corrected chi connectivity index (χ2v) is 4.70. The summed E-state index contributed by atoms with van der Waals surface area (Å²) < 4.78 is 0. The van der Waals surface area contributed by atoms with Crippen molar-refractivity contribution in [2.75, 3.05) is 13.1 Å². The molecule has 0 amide bonds. The van der Waals surface area contributed by atoms with Crippen LogP contribution in [0.3, 0.4) is 0 Å². The molecule has 1 fully saturated rings. The molecule has 0 radical (unpaired) electrons. The summed E-state index contributed by atoms with van der Waals surface area (Å²) in [6, 6.07) is 0. The van der Waals surface area contributed by atoms with Crippen LogP contribution in [0.25, 0.3) is 0 Å². The summed E-state index contributed by atoms with van der Waals surface area (Å²) in [5.41, 5.74) is 2.37. The fourth-order valence-corrected chi connectivity index (χ4v) is 2.55. The Labute approximate surface area is 94.5 Å². The molecule has 0 spiro atoms. The third kappa shape index (κ3) is 1.74. The number of halogens is 1. The molecule has 0 aromatic carbocycles. The Morgan fingerprint density at radius 2 is 2.00 bits per heavy atom. The Hall–Kier alpha value is -0.670. The molecule has 3 nitrogen and oxygen atoms in total. The van der Waals surface area contributed by atoms with Gasteiger partial charge < -0.3 is 0 Å². The first-order chi connectivity index (χ1) is 7.33. The lowest BCUT2D eigenvalue weighted by Crippen LogP contribution is -2.36. The van der Waals surface area contributed by atoms with Crippen LogP contribution in [0.2, 0.25) is 5.15 Å². The van der Waals surface area contributed by atoms with E-state index in [0.29, 0.717) is 5.15 Å². The lowest BCUT2D eigenvalue weighted by molar-refractivity contribution is 0.168. The highest BCUT2D eigenvalue weighted by atomic mass is 35.5. The van der Waals surface area contributed by atoms with Gasteiger partial charge in [0.1, 0.15) is 11.0 Å². The zero-order valence-electron chi connectivity index (χ0n) is 8.67. The molecule has 3 rings (SSSR count). The van der Waals surface area contributed by atoms with Crippen molar-refractivity contribution < 1.29 is 0 Å². The van der Waals surface area contributed by atoms with Crippen LogP contribution >= 0.6 is 11.6 Å². The Kier molecular flexibility index (Phi) is 2.37. The number of hydrogen-bond donors (Lipinski definition) is 0. The SMILES string of the molecule is Clc1nc(CN2CCC2)nc2c1CCC2. The van der Waals surface area contributed by atoms with E-state index in [1.54, 1.807) is 0 Å². The first-order valence-electron chi connectivity index (χ1n) is 5.59. The monoisotopic (exact) mass is 223 g/mol. The van der Waals surface area contributed by atoms with E-state index in [9.17, 15) is 0 Å². The van der Waals surface area contributed by atoms with E-state index in [1.165, 1.54) is 37.2 Å². The molecule has 0 atom stereocenters. The second kappa shape index (κ2) is 3.72. The molecule has 1 aromatic rings. The van der Waals surface area contributed by atoms with Crippen molar-refractivity contribution in [3.63, 3.8) is 0 Å². The van der Waals surface area contributed by atoms with Gasteiger partial charge in [-0.1, -0.05) is 11.6 Å². The van der Waals surface area contributed by atoms with Gasteiger partial charge in [0.15, 0.2) is 0 Å². The van der Waals surface area contributed by atoms with Gasteiger partial charge in [0.05, 0.1) is 6.54 Å². The molecule has 0 saturated carbocycles. The van der Waals surface area contributed by atoms with Crippen LogP contribution in [0.4, 0.5) is 0 Å². The summed E-state index contributed by atoms with van der Waals surface area (Å²) >= 11 is 6.15. The van der Waals surface area contributed by atoms with Gasteiger partial charge in [-0.15, -0.1) is 0 Å². The average molecular weight is 224 g/mol. The molecule has 1 saturated heterocycles. The first kappa shape index (κ1) is 9.55. The molecule has 0 unspecified atom stereocenters. The zero-order chi connectivity index (χ0) is 10.3. The molecule has 0 bridgehead atoms. The Balaban J connectivity index is 1.86. The van der Waals surface area contributed by atoms with Crippen LogP contribution in [0.15, 0.2) is 0 Å². The van der Waals surface area contributed by atoms with E-state index in [4.69, 9.17) is 11.6 Å². The standard InChI is InChI=1S/C11H14ClN3/c12-11-8-3-1-4-9(8)13-10(14-11)7-15-5-2-6-15/h1-7H2. The van der Waals surface area contributed by atoms with Gasteiger partial charge in [-0.3, -0.25) is 4.90 Å². The predicted octanol–water partition coefficient (Wildman–Crippen LogP) is 1.82. The van der Waals surface area contributed by atoms with Crippen molar-refractivity contribution in [1.82, 2.24) is 14.9 Å².